The van der Waals surface area contributed by atoms with E-state index in [0.29, 0.717) is 11.5 Å². The number of methoxy groups -OCH3 is 1. The van der Waals surface area contributed by atoms with Crippen LogP contribution in [0.25, 0.3) is 0 Å². The van der Waals surface area contributed by atoms with Crippen molar-refractivity contribution in [3.63, 3.8) is 0 Å². The highest BCUT2D eigenvalue weighted by Crippen LogP contribution is 2.51. The van der Waals surface area contributed by atoms with Gasteiger partial charge in [-0.1, -0.05) is 26.0 Å². The summed E-state index contributed by atoms with van der Waals surface area (Å²) in [7, 11) is 1.75. The fraction of sp³-hybridized carbons (Fsp3) is 0.625. The average Bonchev–Trinajstić information content (AvgIpc) is 2.94. The first-order valence-electron chi connectivity index (χ1n) is 6.82. The topological polar surface area (TPSA) is 21.3 Å². The Labute approximate surface area is 111 Å². The van der Waals surface area contributed by atoms with Gasteiger partial charge in [-0.05, 0) is 49.8 Å². The van der Waals surface area contributed by atoms with Gasteiger partial charge in [0.2, 0.25) is 0 Å². The molecule has 0 aromatic heterocycles. The van der Waals surface area contributed by atoms with Gasteiger partial charge in [0.05, 0.1) is 7.11 Å². The first kappa shape index (κ1) is 13.4. The lowest BCUT2D eigenvalue weighted by atomic mass is 10.0. The van der Waals surface area contributed by atoms with Gasteiger partial charge in [0.1, 0.15) is 5.75 Å². The van der Waals surface area contributed by atoms with Crippen LogP contribution in [-0.2, 0) is 0 Å². The zero-order valence-corrected chi connectivity index (χ0v) is 12.2. The third-order valence-electron chi connectivity index (χ3n) is 4.24. The minimum Gasteiger partial charge on any atom is -0.496 e. The van der Waals surface area contributed by atoms with Crippen LogP contribution in [0.1, 0.15) is 44.4 Å². The van der Waals surface area contributed by atoms with E-state index in [4.69, 9.17) is 4.74 Å². The van der Waals surface area contributed by atoms with Crippen molar-refractivity contribution in [2.45, 2.75) is 40.2 Å². The van der Waals surface area contributed by atoms with E-state index in [0.717, 1.165) is 18.2 Å². The predicted octanol–water partition coefficient (Wildman–Crippen LogP) is 3.70. The van der Waals surface area contributed by atoms with Crippen molar-refractivity contribution in [1.29, 1.82) is 0 Å². The number of nitrogens with one attached hydrogen (secondary N) is 1. The van der Waals surface area contributed by atoms with E-state index in [-0.39, 0.29) is 0 Å². The van der Waals surface area contributed by atoms with E-state index in [9.17, 15) is 0 Å². The Morgan fingerprint density at radius 1 is 1.44 bits per heavy atom. The van der Waals surface area contributed by atoms with Crippen molar-refractivity contribution >= 4 is 0 Å². The third-order valence-corrected chi connectivity index (χ3v) is 4.24. The molecule has 2 unspecified atom stereocenters. The van der Waals surface area contributed by atoms with Gasteiger partial charge in [0.25, 0.3) is 0 Å². The average molecular weight is 247 g/mol. The van der Waals surface area contributed by atoms with Crippen LogP contribution in [0.5, 0.6) is 5.75 Å². The minimum absolute atomic E-state index is 0.344. The zero-order chi connectivity index (χ0) is 13.3. The molecule has 0 aliphatic heterocycles. The maximum atomic E-state index is 5.47. The quantitative estimate of drug-likeness (QED) is 0.856. The van der Waals surface area contributed by atoms with Crippen LogP contribution in [0.2, 0.25) is 0 Å². The van der Waals surface area contributed by atoms with E-state index in [1.807, 2.05) is 0 Å². The van der Waals surface area contributed by atoms with E-state index < -0.39 is 0 Å². The summed E-state index contributed by atoms with van der Waals surface area (Å²) in [6.07, 6.45) is 1.34. The molecule has 1 fully saturated rings. The van der Waals surface area contributed by atoms with Gasteiger partial charge in [0, 0.05) is 11.6 Å². The molecule has 1 N–H and O–H groups in total. The fourth-order valence-electron chi connectivity index (χ4n) is 2.53. The number of benzene rings is 1. The molecular formula is C16H25NO. The van der Waals surface area contributed by atoms with Crippen molar-refractivity contribution in [2.75, 3.05) is 13.7 Å². The second-order valence-electron chi connectivity index (χ2n) is 6.26. The van der Waals surface area contributed by atoms with Crippen molar-refractivity contribution < 1.29 is 4.74 Å². The second-order valence-corrected chi connectivity index (χ2v) is 6.26. The molecule has 2 rings (SSSR count). The molecular weight excluding hydrogens is 222 g/mol. The van der Waals surface area contributed by atoms with E-state index in [2.05, 4.69) is 51.2 Å². The normalized spacial score (nSPS) is 22.6. The Morgan fingerprint density at radius 3 is 2.67 bits per heavy atom. The zero-order valence-electron chi connectivity index (χ0n) is 12.2. The second kappa shape index (κ2) is 4.93. The molecule has 0 amide bonds. The molecule has 2 nitrogen and oxygen atoms in total. The smallest absolute Gasteiger partial charge is 0.123 e. The Kier molecular flexibility index (Phi) is 3.67. The number of aryl methyl sites for hydroxylation is 1. The lowest BCUT2D eigenvalue weighted by Crippen LogP contribution is -2.22. The summed E-state index contributed by atoms with van der Waals surface area (Å²) < 4.78 is 5.47. The first-order chi connectivity index (χ1) is 8.44. The standard InChI is InChI=1S/C16H25NO/c1-11-6-7-14(15(8-11)18-5)12(2)17-10-13-9-16(13,3)4/h6-8,12-13,17H,9-10H2,1-5H3. The summed E-state index contributed by atoms with van der Waals surface area (Å²) >= 11 is 0. The number of hydrogen-bond acceptors (Lipinski definition) is 2. The summed E-state index contributed by atoms with van der Waals surface area (Å²) in [4.78, 5) is 0. The maximum Gasteiger partial charge on any atom is 0.123 e. The predicted molar refractivity (Wildman–Crippen MR) is 76.0 cm³/mol. The van der Waals surface area contributed by atoms with E-state index in [1.54, 1.807) is 7.11 Å². The Hall–Kier alpha value is -1.02. The molecule has 0 radical (unpaired) electrons. The lowest BCUT2D eigenvalue weighted by Gasteiger charge is -2.18. The van der Waals surface area contributed by atoms with Gasteiger partial charge in [-0.25, -0.2) is 0 Å². The molecule has 2 atom stereocenters. The van der Waals surface area contributed by atoms with Crippen LogP contribution >= 0.6 is 0 Å². The highest BCUT2D eigenvalue weighted by Gasteiger charge is 2.44. The fourth-order valence-corrected chi connectivity index (χ4v) is 2.53. The van der Waals surface area contributed by atoms with Crippen LogP contribution < -0.4 is 10.1 Å². The Bertz CT molecular complexity index is 425. The number of hydrogen-bond donors (Lipinski definition) is 1. The minimum atomic E-state index is 0.344. The Balaban J connectivity index is 1.98. The molecule has 2 heteroatoms. The molecule has 0 saturated heterocycles. The van der Waals surface area contributed by atoms with Gasteiger partial charge in [-0.3, -0.25) is 0 Å². The van der Waals surface area contributed by atoms with Crippen molar-refractivity contribution in [3.8, 4) is 5.75 Å². The van der Waals surface area contributed by atoms with Gasteiger partial charge in [0.15, 0.2) is 0 Å². The van der Waals surface area contributed by atoms with Crippen molar-refractivity contribution in [1.82, 2.24) is 5.32 Å². The van der Waals surface area contributed by atoms with Crippen LogP contribution in [0.3, 0.4) is 0 Å². The van der Waals surface area contributed by atoms with Gasteiger partial charge in [-0.2, -0.15) is 0 Å². The molecule has 1 aromatic carbocycles. The largest absolute Gasteiger partial charge is 0.496 e. The highest BCUT2D eigenvalue weighted by molar-refractivity contribution is 5.39. The summed E-state index contributed by atoms with van der Waals surface area (Å²) in [5, 5.41) is 3.63. The van der Waals surface area contributed by atoms with E-state index in [1.165, 1.54) is 17.5 Å². The van der Waals surface area contributed by atoms with Gasteiger partial charge < -0.3 is 10.1 Å². The maximum absolute atomic E-state index is 5.47. The van der Waals surface area contributed by atoms with Crippen LogP contribution in [0, 0.1) is 18.3 Å². The summed E-state index contributed by atoms with van der Waals surface area (Å²) in [6, 6.07) is 6.77. The summed E-state index contributed by atoms with van der Waals surface area (Å²) in [5.41, 5.74) is 3.04. The first-order valence-corrected chi connectivity index (χ1v) is 6.82. The van der Waals surface area contributed by atoms with Crippen LogP contribution in [0.15, 0.2) is 18.2 Å². The molecule has 1 aromatic rings. The van der Waals surface area contributed by atoms with Gasteiger partial charge in [-0.15, -0.1) is 0 Å². The SMILES string of the molecule is COc1cc(C)ccc1C(C)NCC1CC1(C)C. The molecule has 1 aliphatic carbocycles. The summed E-state index contributed by atoms with van der Waals surface area (Å²) in [6.45, 7) is 10.1. The Morgan fingerprint density at radius 2 is 2.11 bits per heavy atom. The van der Waals surface area contributed by atoms with Crippen LogP contribution in [0.4, 0.5) is 0 Å². The van der Waals surface area contributed by atoms with Crippen molar-refractivity contribution in [2.24, 2.45) is 11.3 Å². The highest BCUT2D eigenvalue weighted by atomic mass is 16.5. The van der Waals surface area contributed by atoms with Crippen LogP contribution in [-0.4, -0.2) is 13.7 Å². The molecule has 0 bridgehead atoms. The molecule has 18 heavy (non-hydrogen) atoms. The monoisotopic (exact) mass is 247 g/mol. The van der Waals surface area contributed by atoms with E-state index >= 15 is 0 Å². The number of rotatable bonds is 5. The molecule has 1 saturated carbocycles. The van der Waals surface area contributed by atoms with Crippen molar-refractivity contribution in [3.05, 3.63) is 29.3 Å². The lowest BCUT2D eigenvalue weighted by molar-refractivity contribution is 0.398. The molecule has 0 heterocycles. The number of ether oxygens (including phenoxy) is 1. The summed E-state index contributed by atoms with van der Waals surface area (Å²) in [5.74, 6) is 1.82. The third kappa shape index (κ3) is 2.86. The molecule has 0 spiro atoms. The molecule has 100 valence electrons. The van der Waals surface area contributed by atoms with Gasteiger partial charge >= 0.3 is 0 Å². The molecule has 1 aliphatic rings.